The molecular formula is C20H34O2Si. The zero-order valence-electron chi connectivity index (χ0n) is 15.7. The van der Waals surface area contributed by atoms with Crippen molar-refractivity contribution in [3.8, 4) is 0 Å². The van der Waals surface area contributed by atoms with Crippen LogP contribution in [0.4, 0.5) is 0 Å². The van der Waals surface area contributed by atoms with Gasteiger partial charge in [0.15, 0.2) is 8.32 Å². The average Bonchev–Trinajstić information content (AvgIpc) is 2.48. The van der Waals surface area contributed by atoms with Crippen LogP contribution in [-0.2, 0) is 15.6 Å². The molecule has 0 aromatic heterocycles. The van der Waals surface area contributed by atoms with E-state index < -0.39 is 8.32 Å². The minimum atomic E-state index is -1.60. The molecule has 0 radical (unpaired) electrons. The fourth-order valence-corrected chi connectivity index (χ4v) is 4.66. The van der Waals surface area contributed by atoms with Crippen molar-refractivity contribution in [2.45, 2.75) is 84.0 Å². The molecule has 1 aromatic rings. The molecular weight excluding hydrogens is 300 g/mol. The van der Waals surface area contributed by atoms with E-state index in [4.69, 9.17) is 4.43 Å². The maximum atomic E-state index is 12.3. The van der Waals surface area contributed by atoms with Gasteiger partial charge in [0.2, 0.25) is 0 Å². The van der Waals surface area contributed by atoms with Crippen molar-refractivity contribution in [2.75, 3.05) is 0 Å². The van der Waals surface area contributed by atoms with Gasteiger partial charge < -0.3 is 4.43 Å². The van der Waals surface area contributed by atoms with E-state index in [0.717, 1.165) is 19.3 Å². The number of hydrogen-bond acceptors (Lipinski definition) is 2. The molecule has 23 heavy (non-hydrogen) atoms. The van der Waals surface area contributed by atoms with Crippen molar-refractivity contribution >= 4 is 14.1 Å². The van der Waals surface area contributed by atoms with Gasteiger partial charge in [0, 0.05) is 12.8 Å². The molecule has 0 spiro atoms. The van der Waals surface area contributed by atoms with Gasteiger partial charge in [0.05, 0.1) is 5.60 Å². The Morgan fingerprint density at radius 3 is 2.30 bits per heavy atom. The first-order valence-electron chi connectivity index (χ1n) is 9.00. The molecule has 0 fully saturated rings. The third kappa shape index (κ3) is 9.06. The average molecular weight is 335 g/mol. The number of Topliss-reactive ketones (excluding diaryl/α,β-unsaturated/α-hetero) is 1. The van der Waals surface area contributed by atoms with Gasteiger partial charge in [-0.3, -0.25) is 4.79 Å². The molecule has 1 atom stereocenters. The van der Waals surface area contributed by atoms with Crippen molar-refractivity contribution in [3.63, 3.8) is 0 Å². The lowest BCUT2D eigenvalue weighted by Gasteiger charge is -2.36. The highest BCUT2D eigenvalue weighted by atomic mass is 28.4. The second-order valence-electron chi connectivity index (χ2n) is 7.79. The molecule has 0 saturated carbocycles. The Balaban J connectivity index is 2.47. The van der Waals surface area contributed by atoms with Crippen LogP contribution in [0.3, 0.4) is 0 Å². The van der Waals surface area contributed by atoms with E-state index in [9.17, 15) is 4.79 Å². The van der Waals surface area contributed by atoms with Gasteiger partial charge in [-0.05, 0) is 51.4 Å². The normalized spacial score (nSPS) is 14.5. The van der Waals surface area contributed by atoms with Gasteiger partial charge in [-0.1, -0.05) is 50.1 Å². The molecule has 0 aliphatic heterocycles. The lowest BCUT2D eigenvalue weighted by atomic mass is 9.92. The van der Waals surface area contributed by atoms with Crippen molar-refractivity contribution in [3.05, 3.63) is 35.9 Å². The summed E-state index contributed by atoms with van der Waals surface area (Å²) in [5.41, 5.74) is 1.11. The molecule has 3 heteroatoms. The van der Waals surface area contributed by atoms with Gasteiger partial charge in [0.1, 0.15) is 5.78 Å². The molecule has 2 nitrogen and oxygen atoms in total. The van der Waals surface area contributed by atoms with Crippen molar-refractivity contribution < 1.29 is 9.22 Å². The Labute approximate surface area is 143 Å². The fourth-order valence-electron chi connectivity index (χ4n) is 2.97. The molecule has 0 N–H and O–H groups in total. The molecule has 0 bridgehead atoms. The number of carbonyl (C=O) groups is 1. The van der Waals surface area contributed by atoms with E-state index in [1.54, 1.807) is 0 Å². The first-order chi connectivity index (χ1) is 10.7. The Morgan fingerprint density at radius 2 is 1.74 bits per heavy atom. The maximum Gasteiger partial charge on any atom is 0.184 e. The van der Waals surface area contributed by atoms with E-state index in [2.05, 4.69) is 45.6 Å². The van der Waals surface area contributed by atoms with Gasteiger partial charge in [0.25, 0.3) is 0 Å². The first-order valence-corrected chi connectivity index (χ1v) is 12.4. The summed E-state index contributed by atoms with van der Waals surface area (Å²) >= 11 is 0. The molecule has 0 heterocycles. The van der Waals surface area contributed by atoms with Crippen LogP contribution in [0.25, 0.3) is 0 Å². The third-order valence-corrected chi connectivity index (χ3v) is 5.18. The maximum absolute atomic E-state index is 12.3. The molecule has 1 aromatic carbocycles. The smallest absolute Gasteiger partial charge is 0.184 e. The summed E-state index contributed by atoms with van der Waals surface area (Å²) in [6.45, 7) is 11.1. The number of unbranched alkanes of at least 4 members (excludes halogenated alkanes) is 1. The molecule has 0 aliphatic carbocycles. The second kappa shape index (κ2) is 9.38. The Morgan fingerprint density at radius 1 is 1.09 bits per heavy atom. The zero-order valence-corrected chi connectivity index (χ0v) is 16.7. The van der Waals surface area contributed by atoms with Gasteiger partial charge >= 0.3 is 0 Å². The lowest BCUT2D eigenvalue weighted by molar-refractivity contribution is -0.120. The zero-order chi connectivity index (χ0) is 17.3. The molecule has 0 amide bonds. The lowest BCUT2D eigenvalue weighted by Crippen LogP contribution is -2.41. The van der Waals surface area contributed by atoms with Crippen LogP contribution in [0.2, 0.25) is 19.6 Å². The molecule has 130 valence electrons. The van der Waals surface area contributed by atoms with Gasteiger partial charge in [-0.25, -0.2) is 0 Å². The number of hydrogen-bond donors (Lipinski definition) is 0. The van der Waals surface area contributed by atoms with E-state index in [1.165, 1.54) is 18.4 Å². The SMILES string of the molecule is CCCCC(C)(CCC(=O)CCc1ccccc1)O[Si](C)(C)C. The van der Waals surface area contributed by atoms with Crippen LogP contribution in [0, 0.1) is 0 Å². The number of aryl methyl sites for hydroxylation is 1. The number of benzene rings is 1. The molecule has 1 rings (SSSR count). The van der Waals surface area contributed by atoms with Crippen LogP contribution < -0.4 is 0 Å². The van der Waals surface area contributed by atoms with E-state index >= 15 is 0 Å². The van der Waals surface area contributed by atoms with E-state index in [0.29, 0.717) is 18.6 Å². The monoisotopic (exact) mass is 334 g/mol. The quantitative estimate of drug-likeness (QED) is 0.480. The molecule has 0 saturated heterocycles. The van der Waals surface area contributed by atoms with Crippen molar-refractivity contribution in [1.82, 2.24) is 0 Å². The third-order valence-electron chi connectivity index (χ3n) is 4.08. The van der Waals surface area contributed by atoms with Crippen LogP contribution in [-0.4, -0.2) is 19.7 Å². The summed E-state index contributed by atoms with van der Waals surface area (Å²) in [6.07, 6.45) is 6.37. The summed E-state index contributed by atoms with van der Waals surface area (Å²) in [7, 11) is -1.60. The highest BCUT2D eigenvalue weighted by molar-refractivity contribution is 6.69. The largest absolute Gasteiger partial charge is 0.412 e. The first kappa shape index (κ1) is 20.1. The van der Waals surface area contributed by atoms with E-state index in [-0.39, 0.29) is 5.60 Å². The Bertz CT molecular complexity index is 464. The summed E-state index contributed by atoms with van der Waals surface area (Å²) in [6, 6.07) is 10.3. The predicted octanol–water partition coefficient (Wildman–Crippen LogP) is 5.77. The van der Waals surface area contributed by atoms with Gasteiger partial charge in [-0.15, -0.1) is 0 Å². The molecule has 0 aliphatic rings. The highest BCUT2D eigenvalue weighted by Crippen LogP contribution is 2.29. The number of rotatable bonds is 11. The van der Waals surface area contributed by atoms with Crippen LogP contribution in [0.15, 0.2) is 30.3 Å². The van der Waals surface area contributed by atoms with Crippen molar-refractivity contribution in [2.24, 2.45) is 0 Å². The van der Waals surface area contributed by atoms with Crippen molar-refractivity contribution in [1.29, 1.82) is 0 Å². The van der Waals surface area contributed by atoms with E-state index in [1.807, 2.05) is 18.2 Å². The number of ketones is 1. The standard InChI is InChI=1S/C20H34O2Si/c1-6-7-16-20(2,22-23(3,4)5)17-15-19(21)14-13-18-11-9-8-10-12-18/h8-12H,6-7,13-17H2,1-5H3. The Hall–Kier alpha value is -0.933. The summed E-state index contributed by atoms with van der Waals surface area (Å²) in [5, 5.41) is 0. The predicted molar refractivity (Wildman–Crippen MR) is 101 cm³/mol. The minimum absolute atomic E-state index is 0.136. The van der Waals surface area contributed by atoms with Gasteiger partial charge in [-0.2, -0.15) is 0 Å². The number of carbonyl (C=O) groups excluding carboxylic acids is 1. The summed E-state index contributed by atoms with van der Waals surface area (Å²) in [4.78, 5) is 12.3. The van der Waals surface area contributed by atoms with Crippen LogP contribution in [0.5, 0.6) is 0 Å². The second-order valence-corrected chi connectivity index (χ2v) is 12.2. The highest BCUT2D eigenvalue weighted by Gasteiger charge is 2.31. The summed E-state index contributed by atoms with van der Waals surface area (Å²) < 4.78 is 6.43. The Kier molecular flexibility index (Phi) is 8.21. The molecule has 1 unspecified atom stereocenters. The minimum Gasteiger partial charge on any atom is -0.412 e. The fraction of sp³-hybridized carbons (Fsp3) is 0.650. The summed E-state index contributed by atoms with van der Waals surface area (Å²) in [5.74, 6) is 0.357. The van der Waals surface area contributed by atoms with Crippen LogP contribution >= 0.6 is 0 Å². The topological polar surface area (TPSA) is 26.3 Å². The van der Waals surface area contributed by atoms with Crippen LogP contribution in [0.1, 0.15) is 57.9 Å².